The molecule has 5 rings (SSSR count). The van der Waals surface area contributed by atoms with Gasteiger partial charge >= 0.3 is 12.6 Å². The highest BCUT2D eigenvalue weighted by atomic mass is 35.5. The number of halogens is 4. The van der Waals surface area contributed by atoms with Crippen molar-refractivity contribution < 1.29 is 41.1 Å². The Balaban J connectivity index is 1.45. The van der Waals surface area contributed by atoms with E-state index in [9.17, 15) is 13.6 Å². The first-order valence-electron chi connectivity index (χ1n) is 13.3. The third-order valence-electron chi connectivity index (χ3n) is 6.99. The van der Waals surface area contributed by atoms with Crippen LogP contribution in [-0.2, 0) is 4.74 Å². The summed E-state index contributed by atoms with van der Waals surface area (Å²) in [6.07, 6.45) is 6.85. The van der Waals surface area contributed by atoms with E-state index in [4.69, 9.17) is 52.3 Å². The molecule has 0 bridgehead atoms. The van der Waals surface area contributed by atoms with Crippen LogP contribution in [-0.4, -0.2) is 37.4 Å². The number of nitrogens with two attached hydrogens (primary N) is 1. The molecule has 0 saturated heterocycles. The number of hydrogen-bond acceptors (Lipinski definition) is 9. The van der Waals surface area contributed by atoms with Crippen molar-refractivity contribution in [2.75, 3.05) is 25.6 Å². The predicted molar refractivity (Wildman–Crippen MR) is 150 cm³/mol. The second kappa shape index (κ2) is 13.5. The van der Waals surface area contributed by atoms with Gasteiger partial charge in [-0.05, 0) is 73.4 Å². The molecule has 3 aromatic rings. The van der Waals surface area contributed by atoms with Crippen molar-refractivity contribution in [3.8, 4) is 28.7 Å². The number of pyridine rings is 1. The standard InChI is InChI=1S/C29H28Cl2F2N2O7/c30-41-25-11-35-12-26(42-31)27(25)20(18-6-8-22(40-29(32)33)24(9-18)38-14-17-3-4-17)15-39-28(36)19-5-7-21(34)23(10-19)37-13-16-1-2-16/h5-12,16-17,20,29H,1-4,13-15,34H2/t20-/m0/s1. The molecule has 0 amide bonds. The van der Waals surface area contributed by atoms with E-state index in [1.165, 1.54) is 42.7 Å². The Morgan fingerprint density at radius 1 is 0.881 bits per heavy atom. The van der Waals surface area contributed by atoms with E-state index in [0.29, 0.717) is 47.6 Å². The van der Waals surface area contributed by atoms with Crippen LogP contribution in [0.15, 0.2) is 48.8 Å². The van der Waals surface area contributed by atoms with Gasteiger partial charge in [0.05, 0.1) is 48.3 Å². The molecule has 0 radical (unpaired) electrons. The molecule has 2 saturated carbocycles. The summed E-state index contributed by atoms with van der Waals surface area (Å²) in [5, 5.41) is 0. The number of nitrogen functional groups attached to an aromatic ring is 1. The van der Waals surface area contributed by atoms with Gasteiger partial charge in [-0.15, -0.1) is 0 Å². The predicted octanol–water partition coefficient (Wildman–Crippen LogP) is 6.90. The molecule has 2 aliphatic carbocycles. The van der Waals surface area contributed by atoms with E-state index in [1.807, 2.05) is 0 Å². The summed E-state index contributed by atoms with van der Waals surface area (Å²) in [7, 11) is 0. The van der Waals surface area contributed by atoms with Gasteiger partial charge in [-0.1, -0.05) is 6.07 Å². The zero-order chi connectivity index (χ0) is 29.6. The molecular formula is C29H28Cl2F2N2O7. The van der Waals surface area contributed by atoms with Crippen molar-refractivity contribution in [2.24, 2.45) is 11.8 Å². The molecule has 0 unspecified atom stereocenters. The maximum absolute atomic E-state index is 13.2. The van der Waals surface area contributed by atoms with Gasteiger partial charge in [-0.3, -0.25) is 4.98 Å². The average molecular weight is 625 g/mol. The smallest absolute Gasteiger partial charge is 0.387 e. The van der Waals surface area contributed by atoms with Crippen LogP contribution < -0.4 is 28.5 Å². The summed E-state index contributed by atoms with van der Waals surface area (Å²) >= 11 is 11.5. The van der Waals surface area contributed by atoms with Gasteiger partial charge in [0.25, 0.3) is 0 Å². The number of esters is 1. The zero-order valence-corrected chi connectivity index (χ0v) is 23.8. The molecule has 2 aromatic carbocycles. The molecule has 2 fully saturated rings. The van der Waals surface area contributed by atoms with E-state index in [0.717, 1.165) is 25.7 Å². The monoisotopic (exact) mass is 624 g/mol. The molecule has 1 atom stereocenters. The van der Waals surface area contributed by atoms with Gasteiger partial charge in [0.15, 0.2) is 23.0 Å². The average Bonchev–Trinajstić information content (AvgIpc) is 3.92. The normalized spacial score (nSPS) is 15.2. The molecule has 0 spiro atoms. The summed E-state index contributed by atoms with van der Waals surface area (Å²) in [6, 6.07) is 9.05. The number of ether oxygens (including phenoxy) is 4. The van der Waals surface area contributed by atoms with Gasteiger partial charge in [0, 0.05) is 0 Å². The van der Waals surface area contributed by atoms with Gasteiger partial charge in [0.1, 0.15) is 36.1 Å². The van der Waals surface area contributed by atoms with E-state index < -0.39 is 18.5 Å². The Morgan fingerprint density at radius 2 is 1.52 bits per heavy atom. The molecule has 1 aromatic heterocycles. The lowest BCUT2D eigenvalue weighted by atomic mass is 9.91. The van der Waals surface area contributed by atoms with Crippen molar-refractivity contribution in [2.45, 2.75) is 38.2 Å². The second-order valence-corrected chi connectivity index (χ2v) is 10.5. The summed E-state index contributed by atoms with van der Waals surface area (Å²) in [4.78, 5) is 17.2. The van der Waals surface area contributed by atoms with Crippen molar-refractivity contribution in [3.05, 3.63) is 65.5 Å². The van der Waals surface area contributed by atoms with Crippen molar-refractivity contribution in [3.63, 3.8) is 0 Å². The van der Waals surface area contributed by atoms with Crippen molar-refractivity contribution in [1.29, 1.82) is 0 Å². The largest absolute Gasteiger partial charge is 0.491 e. The molecule has 9 nitrogen and oxygen atoms in total. The van der Waals surface area contributed by atoms with Crippen LogP contribution in [0.1, 0.15) is 53.1 Å². The fourth-order valence-electron chi connectivity index (χ4n) is 4.31. The summed E-state index contributed by atoms with van der Waals surface area (Å²) in [5.41, 5.74) is 7.44. The number of aromatic nitrogens is 1. The van der Waals surface area contributed by atoms with Crippen molar-refractivity contribution >= 4 is 35.4 Å². The topological polar surface area (TPSA) is 111 Å². The minimum atomic E-state index is -3.05. The van der Waals surface area contributed by atoms with E-state index >= 15 is 0 Å². The number of carbonyl (C=O) groups excluding carboxylic acids is 1. The molecule has 224 valence electrons. The van der Waals surface area contributed by atoms with Crippen LogP contribution in [0.2, 0.25) is 0 Å². The number of carbonyl (C=O) groups is 1. The Hall–Kier alpha value is -3.70. The van der Waals surface area contributed by atoms with E-state index in [1.54, 1.807) is 6.07 Å². The first kappa shape index (κ1) is 29.8. The Morgan fingerprint density at radius 3 is 2.12 bits per heavy atom. The molecule has 42 heavy (non-hydrogen) atoms. The summed E-state index contributed by atoms with van der Waals surface area (Å²) in [5.74, 6) is -0.128. The fourth-order valence-corrected chi connectivity index (χ4v) is 4.55. The Bertz CT molecular complexity index is 1380. The van der Waals surface area contributed by atoms with Gasteiger partial charge in [-0.25, -0.2) is 4.79 Å². The highest BCUT2D eigenvalue weighted by Crippen LogP contribution is 2.43. The molecule has 0 aliphatic heterocycles. The van der Waals surface area contributed by atoms with Gasteiger partial charge in [-0.2, -0.15) is 8.78 Å². The number of hydrogen-bond donors (Lipinski definition) is 1. The third-order valence-corrected chi connectivity index (χ3v) is 7.32. The van der Waals surface area contributed by atoms with Crippen LogP contribution in [0, 0.1) is 11.8 Å². The third kappa shape index (κ3) is 7.57. The molecule has 2 N–H and O–H groups in total. The minimum Gasteiger partial charge on any atom is -0.491 e. The van der Waals surface area contributed by atoms with Crippen LogP contribution >= 0.6 is 23.7 Å². The highest BCUT2D eigenvalue weighted by Gasteiger charge is 2.29. The lowest BCUT2D eigenvalue weighted by Gasteiger charge is -2.22. The van der Waals surface area contributed by atoms with Crippen LogP contribution in [0.25, 0.3) is 0 Å². The number of rotatable bonds is 15. The van der Waals surface area contributed by atoms with Crippen LogP contribution in [0.4, 0.5) is 14.5 Å². The zero-order valence-electron chi connectivity index (χ0n) is 22.3. The van der Waals surface area contributed by atoms with E-state index in [-0.39, 0.29) is 35.2 Å². The Kier molecular flexibility index (Phi) is 9.58. The summed E-state index contributed by atoms with van der Waals surface area (Å²) < 4.78 is 58.3. The number of nitrogens with zero attached hydrogens (tertiary/aromatic N) is 1. The Labute approximate surface area is 251 Å². The summed E-state index contributed by atoms with van der Waals surface area (Å²) in [6.45, 7) is -2.46. The first-order valence-corrected chi connectivity index (χ1v) is 13.9. The molecule has 2 aliphatic rings. The first-order chi connectivity index (χ1) is 20.4. The van der Waals surface area contributed by atoms with E-state index in [2.05, 4.69) is 9.72 Å². The molecule has 1 heterocycles. The number of alkyl halides is 2. The quantitative estimate of drug-likeness (QED) is 0.142. The maximum atomic E-state index is 13.2. The van der Waals surface area contributed by atoms with Gasteiger partial charge in [0.2, 0.25) is 0 Å². The highest BCUT2D eigenvalue weighted by molar-refractivity contribution is 6.10. The number of benzene rings is 2. The maximum Gasteiger partial charge on any atom is 0.387 e. The van der Waals surface area contributed by atoms with Crippen molar-refractivity contribution in [1.82, 2.24) is 4.98 Å². The van der Waals surface area contributed by atoms with Crippen LogP contribution in [0.3, 0.4) is 0 Å². The van der Waals surface area contributed by atoms with Crippen LogP contribution in [0.5, 0.6) is 28.7 Å². The van der Waals surface area contributed by atoms with Gasteiger partial charge < -0.3 is 33.3 Å². The lowest BCUT2D eigenvalue weighted by Crippen LogP contribution is -2.16. The fraction of sp³-hybridized carbons (Fsp3) is 0.379. The lowest BCUT2D eigenvalue weighted by molar-refractivity contribution is -0.0515. The SMILES string of the molecule is Nc1ccc(C(=O)OC[C@@H](c2ccc(OC(F)F)c(OCC3CC3)c2)c2c(OCl)cncc2OCl)cc1OCC1CC1. The number of anilines is 1. The molecular weight excluding hydrogens is 597 g/mol. The second-order valence-electron chi connectivity index (χ2n) is 10.2. The minimum absolute atomic E-state index is 0.0764. The molecule has 13 heteroatoms.